The molecule has 0 spiro atoms. The summed E-state index contributed by atoms with van der Waals surface area (Å²) in [4.78, 5) is 34.5. The highest BCUT2D eigenvalue weighted by molar-refractivity contribution is 5.79. The molecule has 0 amide bonds. The number of carbonyl (C=O) groups is 3. The lowest BCUT2D eigenvalue weighted by Gasteiger charge is -2.30. The van der Waals surface area contributed by atoms with E-state index < -0.39 is 30.1 Å². The van der Waals surface area contributed by atoms with Crippen molar-refractivity contribution in [2.75, 3.05) is 6.61 Å². The Kier molecular flexibility index (Phi) is 6.48. The van der Waals surface area contributed by atoms with Gasteiger partial charge in [-0.2, -0.15) is 0 Å². The Morgan fingerprint density at radius 1 is 1.20 bits per heavy atom. The van der Waals surface area contributed by atoms with Gasteiger partial charge in [-0.1, -0.05) is 6.42 Å². The number of hydrogen-bond donors (Lipinski definition) is 0. The van der Waals surface area contributed by atoms with E-state index in [9.17, 15) is 14.4 Å². The molecule has 1 rings (SSSR count). The molecular formula is C14H22O6. The monoisotopic (exact) mass is 286 g/mol. The number of ether oxygens (including phenoxy) is 3. The first-order chi connectivity index (χ1) is 9.45. The molecule has 6 heteroatoms. The van der Waals surface area contributed by atoms with Crippen molar-refractivity contribution in [1.82, 2.24) is 0 Å². The van der Waals surface area contributed by atoms with Crippen molar-refractivity contribution in [3.8, 4) is 0 Å². The van der Waals surface area contributed by atoms with Gasteiger partial charge in [0, 0.05) is 6.92 Å². The quantitative estimate of drug-likeness (QED) is 0.564. The van der Waals surface area contributed by atoms with Crippen molar-refractivity contribution in [3.05, 3.63) is 0 Å². The van der Waals surface area contributed by atoms with Gasteiger partial charge in [0.05, 0.1) is 12.5 Å². The predicted octanol–water partition coefficient (Wildman–Crippen LogP) is 1.60. The summed E-state index contributed by atoms with van der Waals surface area (Å²) >= 11 is 0. The molecule has 1 aliphatic carbocycles. The molecule has 0 aliphatic heterocycles. The first-order valence-electron chi connectivity index (χ1n) is 7.00. The fourth-order valence-electron chi connectivity index (χ4n) is 2.30. The van der Waals surface area contributed by atoms with Gasteiger partial charge in [-0.15, -0.1) is 0 Å². The van der Waals surface area contributed by atoms with Crippen molar-refractivity contribution in [3.63, 3.8) is 0 Å². The van der Waals surface area contributed by atoms with Crippen LogP contribution in [0.3, 0.4) is 0 Å². The number of hydrogen-bond acceptors (Lipinski definition) is 6. The van der Waals surface area contributed by atoms with Gasteiger partial charge in [-0.25, -0.2) is 4.79 Å². The third kappa shape index (κ3) is 4.83. The number of carbonyl (C=O) groups excluding carboxylic acids is 3. The van der Waals surface area contributed by atoms with Crippen LogP contribution in [0.4, 0.5) is 0 Å². The molecule has 0 aromatic heterocycles. The van der Waals surface area contributed by atoms with Crippen LogP contribution in [0.25, 0.3) is 0 Å². The summed E-state index contributed by atoms with van der Waals surface area (Å²) in [6.45, 7) is 4.72. The van der Waals surface area contributed by atoms with Crippen molar-refractivity contribution < 1.29 is 28.6 Å². The first kappa shape index (κ1) is 16.5. The zero-order valence-corrected chi connectivity index (χ0v) is 12.2. The Labute approximate surface area is 118 Å². The normalized spacial score (nSPS) is 23.6. The molecule has 1 fully saturated rings. The second-order valence-electron chi connectivity index (χ2n) is 4.87. The Morgan fingerprint density at radius 3 is 2.45 bits per heavy atom. The molecule has 114 valence electrons. The molecule has 1 saturated carbocycles. The van der Waals surface area contributed by atoms with Gasteiger partial charge in [-0.3, -0.25) is 9.59 Å². The Balaban J connectivity index is 2.60. The largest absolute Gasteiger partial charge is 0.466 e. The molecule has 6 nitrogen and oxygen atoms in total. The van der Waals surface area contributed by atoms with Crippen LogP contribution < -0.4 is 0 Å². The highest BCUT2D eigenvalue weighted by Gasteiger charge is 2.36. The molecule has 0 aromatic carbocycles. The van der Waals surface area contributed by atoms with Crippen LogP contribution in [-0.4, -0.2) is 36.7 Å². The van der Waals surface area contributed by atoms with Crippen LogP contribution in [0.2, 0.25) is 0 Å². The lowest BCUT2D eigenvalue weighted by atomic mass is 9.86. The Bertz CT molecular complexity index is 365. The van der Waals surface area contributed by atoms with Gasteiger partial charge in [0.15, 0.2) is 6.10 Å². The molecular weight excluding hydrogens is 264 g/mol. The summed E-state index contributed by atoms with van der Waals surface area (Å²) in [5, 5.41) is 0. The third-order valence-corrected chi connectivity index (χ3v) is 3.23. The second kappa shape index (κ2) is 7.87. The fourth-order valence-corrected chi connectivity index (χ4v) is 2.30. The molecule has 0 saturated heterocycles. The summed E-state index contributed by atoms with van der Waals surface area (Å²) in [5.41, 5.74) is 0. The van der Waals surface area contributed by atoms with Crippen LogP contribution in [0, 0.1) is 5.92 Å². The molecule has 0 aromatic rings. The van der Waals surface area contributed by atoms with Crippen LogP contribution in [-0.2, 0) is 28.6 Å². The lowest BCUT2D eigenvalue weighted by molar-refractivity contribution is -0.176. The van der Waals surface area contributed by atoms with Crippen molar-refractivity contribution in [2.45, 2.75) is 58.7 Å². The first-order valence-corrected chi connectivity index (χ1v) is 7.00. The number of rotatable bonds is 5. The maximum atomic E-state index is 11.8. The van der Waals surface area contributed by atoms with Gasteiger partial charge in [0.1, 0.15) is 6.10 Å². The predicted molar refractivity (Wildman–Crippen MR) is 69.7 cm³/mol. The average Bonchev–Trinajstić information content (AvgIpc) is 2.38. The minimum absolute atomic E-state index is 0.305. The summed E-state index contributed by atoms with van der Waals surface area (Å²) in [6.07, 6.45) is 1.64. The summed E-state index contributed by atoms with van der Waals surface area (Å²) in [5.74, 6) is -1.91. The Hall–Kier alpha value is -1.59. The zero-order valence-electron chi connectivity index (χ0n) is 12.2. The highest BCUT2D eigenvalue weighted by atomic mass is 16.6. The van der Waals surface area contributed by atoms with Crippen molar-refractivity contribution in [2.24, 2.45) is 5.92 Å². The molecule has 0 N–H and O–H groups in total. The second-order valence-corrected chi connectivity index (χ2v) is 4.87. The van der Waals surface area contributed by atoms with Crippen molar-refractivity contribution in [1.29, 1.82) is 0 Å². The lowest BCUT2D eigenvalue weighted by Crippen LogP contribution is -2.39. The van der Waals surface area contributed by atoms with E-state index in [2.05, 4.69) is 0 Å². The van der Waals surface area contributed by atoms with Gasteiger partial charge >= 0.3 is 17.9 Å². The maximum Gasteiger partial charge on any atom is 0.347 e. The molecule has 0 radical (unpaired) electrons. The molecule has 20 heavy (non-hydrogen) atoms. The smallest absolute Gasteiger partial charge is 0.347 e. The van der Waals surface area contributed by atoms with Crippen LogP contribution >= 0.6 is 0 Å². The van der Waals surface area contributed by atoms with Crippen LogP contribution in [0.5, 0.6) is 0 Å². The van der Waals surface area contributed by atoms with Gasteiger partial charge in [0.25, 0.3) is 0 Å². The van der Waals surface area contributed by atoms with Crippen LogP contribution in [0.15, 0.2) is 0 Å². The van der Waals surface area contributed by atoms with E-state index >= 15 is 0 Å². The highest BCUT2D eigenvalue weighted by Crippen LogP contribution is 2.28. The summed E-state index contributed by atoms with van der Waals surface area (Å²) in [6, 6.07) is 0. The van der Waals surface area contributed by atoms with Crippen molar-refractivity contribution >= 4 is 17.9 Å². The topological polar surface area (TPSA) is 78.9 Å². The van der Waals surface area contributed by atoms with E-state index in [-0.39, 0.29) is 5.97 Å². The van der Waals surface area contributed by atoms with Crippen LogP contribution in [0.1, 0.15) is 46.5 Å². The third-order valence-electron chi connectivity index (χ3n) is 3.23. The standard InChI is InChI=1S/C14H22O6/c1-4-18-14(17)11-7-5-6-8-12(11)20-13(16)9(2)19-10(3)15/h9,11-12H,4-8H2,1-3H3/t9-,11+,12-/m0/s1. The van der Waals surface area contributed by atoms with Gasteiger partial charge < -0.3 is 14.2 Å². The van der Waals surface area contributed by atoms with E-state index in [4.69, 9.17) is 14.2 Å². The summed E-state index contributed by atoms with van der Waals surface area (Å²) < 4.78 is 15.1. The molecule has 0 unspecified atom stereocenters. The molecule has 0 bridgehead atoms. The van der Waals surface area contributed by atoms with E-state index in [0.29, 0.717) is 19.4 Å². The summed E-state index contributed by atoms with van der Waals surface area (Å²) in [7, 11) is 0. The fraction of sp³-hybridized carbons (Fsp3) is 0.786. The minimum Gasteiger partial charge on any atom is -0.466 e. The van der Waals surface area contributed by atoms with E-state index in [1.165, 1.54) is 13.8 Å². The van der Waals surface area contributed by atoms with E-state index in [0.717, 1.165) is 12.8 Å². The number of esters is 3. The van der Waals surface area contributed by atoms with E-state index in [1.807, 2.05) is 0 Å². The zero-order chi connectivity index (χ0) is 15.1. The molecule has 1 aliphatic rings. The SMILES string of the molecule is CCOC(=O)[C@@H]1CCCC[C@@H]1OC(=O)[C@H](C)OC(C)=O. The minimum atomic E-state index is -0.961. The molecule has 0 heterocycles. The Morgan fingerprint density at radius 2 is 1.85 bits per heavy atom. The van der Waals surface area contributed by atoms with E-state index in [1.54, 1.807) is 6.92 Å². The van der Waals surface area contributed by atoms with Gasteiger partial charge in [-0.05, 0) is 33.1 Å². The average molecular weight is 286 g/mol. The van der Waals surface area contributed by atoms with Gasteiger partial charge in [0.2, 0.25) is 0 Å². The molecule has 3 atom stereocenters. The maximum absolute atomic E-state index is 11.8.